The monoisotopic (exact) mass is 204 g/mol. The smallest absolute Gasteiger partial charge is 0.174 e. The number of nitriles is 1. The second-order valence-electron chi connectivity index (χ2n) is 3.15. The number of nitrogens with one attached hydrogen (secondary N) is 1. The van der Waals surface area contributed by atoms with Crippen LogP contribution in [0.15, 0.2) is 18.3 Å². The third-order valence-electron chi connectivity index (χ3n) is 2.32. The summed E-state index contributed by atoms with van der Waals surface area (Å²) >= 11 is 0. The van der Waals surface area contributed by atoms with Crippen LogP contribution >= 0.6 is 0 Å². The number of hydrogen-bond donors (Lipinski definition) is 1. The van der Waals surface area contributed by atoms with Gasteiger partial charge in [0, 0.05) is 17.1 Å². The highest BCUT2D eigenvalue weighted by atomic mass is 19.1. The summed E-state index contributed by atoms with van der Waals surface area (Å²) in [6, 6.07) is 5.29. The molecular formula is C11H9FN2O. The highest BCUT2D eigenvalue weighted by Crippen LogP contribution is 2.28. The van der Waals surface area contributed by atoms with Gasteiger partial charge in [-0.3, -0.25) is 0 Å². The van der Waals surface area contributed by atoms with E-state index in [0.717, 1.165) is 0 Å². The number of hydrogen-bond acceptors (Lipinski definition) is 2. The lowest BCUT2D eigenvalue weighted by atomic mass is 10.1. The second kappa shape index (κ2) is 3.62. The van der Waals surface area contributed by atoms with E-state index in [1.165, 1.54) is 7.11 Å². The van der Waals surface area contributed by atoms with E-state index in [1.54, 1.807) is 18.3 Å². The van der Waals surface area contributed by atoms with Gasteiger partial charge < -0.3 is 9.72 Å². The van der Waals surface area contributed by atoms with E-state index in [0.29, 0.717) is 16.5 Å². The molecule has 0 fully saturated rings. The molecule has 3 nitrogen and oxygen atoms in total. The summed E-state index contributed by atoms with van der Waals surface area (Å²) in [4.78, 5) is 2.92. The molecule has 1 N–H and O–H groups in total. The molecule has 0 atom stereocenters. The Morgan fingerprint density at radius 3 is 3.00 bits per heavy atom. The number of rotatable bonds is 2. The summed E-state index contributed by atoms with van der Waals surface area (Å²) in [6.07, 6.45) is 1.83. The molecule has 1 heterocycles. The minimum atomic E-state index is -0.415. The lowest BCUT2D eigenvalue weighted by Crippen LogP contribution is -1.89. The lowest BCUT2D eigenvalue weighted by Gasteiger charge is -2.02. The van der Waals surface area contributed by atoms with E-state index in [1.807, 2.05) is 6.07 Å². The number of benzene rings is 1. The van der Waals surface area contributed by atoms with Crippen molar-refractivity contribution < 1.29 is 9.13 Å². The molecule has 76 valence electrons. The Morgan fingerprint density at radius 2 is 2.33 bits per heavy atom. The molecule has 1 aromatic heterocycles. The van der Waals surface area contributed by atoms with Gasteiger partial charge in [-0.1, -0.05) is 0 Å². The van der Waals surface area contributed by atoms with E-state index in [2.05, 4.69) is 4.98 Å². The standard InChI is InChI=1S/C11H9FN2O/c1-15-9-3-2-8-10(11(9)12)7(4-5-13)6-14-8/h2-3,6,14H,4H2,1H3. The van der Waals surface area contributed by atoms with Gasteiger partial charge in [0.25, 0.3) is 0 Å². The molecule has 0 aliphatic rings. The fourth-order valence-corrected chi connectivity index (χ4v) is 1.61. The predicted octanol–water partition coefficient (Wildman–Crippen LogP) is 2.38. The van der Waals surface area contributed by atoms with Crippen LogP contribution in [0.2, 0.25) is 0 Å². The molecule has 2 rings (SSSR count). The second-order valence-corrected chi connectivity index (χ2v) is 3.15. The van der Waals surface area contributed by atoms with Crippen molar-refractivity contribution in [3.05, 3.63) is 29.7 Å². The predicted molar refractivity (Wildman–Crippen MR) is 54.1 cm³/mol. The molecule has 4 heteroatoms. The summed E-state index contributed by atoms with van der Waals surface area (Å²) < 4.78 is 18.7. The zero-order valence-electron chi connectivity index (χ0n) is 8.17. The first-order chi connectivity index (χ1) is 7.27. The molecule has 0 spiro atoms. The van der Waals surface area contributed by atoms with Crippen molar-refractivity contribution in [3.63, 3.8) is 0 Å². The molecule has 2 aromatic rings. The SMILES string of the molecule is COc1ccc2[nH]cc(CC#N)c2c1F. The molecule has 0 unspecified atom stereocenters. The fourth-order valence-electron chi connectivity index (χ4n) is 1.61. The van der Waals surface area contributed by atoms with Crippen molar-refractivity contribution in [2.75, 3.05) is 7.11 Å². The van der Waals surface area contributed by atoms with Crippen molar-refractivity contribution in [1.82, 2.24) is 4.98 Å². The van der Waals surface area contributed by atoms with Crippen LogP contribution in [0.5, 0.6) is 5.75 Å². The van der Waals surface area contributed by atoms with Gasteiger partial charge in [0.15, 0.2) is 11.6 Å². The van der Waals surface area contributed by atoms with Gasteiger partial charge in [-0.25, -0.2) is 4.39 Å². The molecule has 0 saturated heterocycles. The maximum Gasteiger partial charge on any atom is 0.174 e. The summed E-state index contributed by atoms with van der Waals surface area (Å²) in [7, 11) is 1.42. The largest absolute Gasteiger partial charge is 0.494 e. The van der Waals surface area contributed by atoms with Crippen molar-refractivity contribution in [1.29, 1.82) is 5.26 Å². The highest BCUT2D eigenvalue weighted by Gasteiger charge is 2.12. The normalized spacial score (nSPS) is 10.2. The quantitative estimate of drug-likeness (QED) is 0.816. The number of ether oxygens (including phenoxy) is 1. The van der Waals surface area contributed by atoms with E-state index >= 15 is 0 Å². The van der Waals surface area contributed by atoms with Gasteiger partial charge in [0.2, 0.25) is 0 Å². The molecule has 0 amide bonds. The first kappa shape index (κ1) is 9.53. The van der Waals surface area contributed by atoms with Crippen LogP contribution in [0.4, 0.5) is 4.39 Å². The maximum absolute atomic E-state index is 13.8. The molecule has 0 radical (unpaired) electrons. The lowest BCUT2D eigenvalue weighted by molar-refractivity contribution is 0.389. The highest BCUT2D eigenvalue weighted by molar-refractivity contribution is 5.85. The summed E-state index contributed by atoms with van der Waals surface area (Å²) in [5.41, 5.74) is 1.34. The number of fused-ring (bicyclic) bond motifs is 1. The molecular weight excluding hydrogens is 195 g/mol. The zero-order valence-corrected chi connectivity index (χ0v) is 8.17. The minimum Gasteiger partial charge on any atom is -0.494 e. The van der Waals surface area contributed by atoms with E-state index in [4.69, 9.17) is 10.00 Å². The fraction of sp³-hybridized carbons (Fsp3) is 0.182. The average Bonchev–Trinajstić information content (AvgIpc) is 2.64. The average molecular weight is 204 g/mol. The van der Waals surface area contributed by atoms with Gasteiger partial charge in [0.1, 0.15) is 0 Å². The minimum absolute atomic E-state index is 0.185. The molecule has 15 heavy (non-hydrogen) atoms. The van der Waals surface area contributed by atoms with Crippen LogP contribution in [0, 0.1) is 17.1 Å². The van der Waals surface area contributed by atoms with Crippen LogP contribution in [-0.2, 0) is 6.42 Å². The third-order valence-corrected chi connectivity index (χ3v) is 2.32. The number of methoxy groups -OCH3 is 1. The van der Waals surface area contributed by atoms with Crippen molar-refractivity contribution in [3.8, 4) is 11.8 Å². The van der Waals surface area contributed by atoms with Gasteiger partial charge >= 0.3 is 0 Å². The molecule has 0 aliphatic carbocycles. The number of H-pyrrole nitrogens is 1. The zero-order chi connectivity index (χ0) is 10.8. The Kier molecular flexibility index (Phi) is 2.30. The van der Waals surface area contributed by atoms with Crippen LogP contribution < -0.4 is 4.74 Å². The number of halogens is 1. The topological polar surface area (TPSA) is 48.8 Å². The summed E-state index contributed by atoms with van der Waals surface area (Å²) in [5.74, 6) is -0.220. The van der Waals surface area contributed by atoms with Crippen LogP contribution in [-0.4, -0.2) is 12.1 Å². The van der Waals surface area contributed by atoms with Gasteiger partial charge in [-0.05, 0) is 17.7 Å². The number of aromatic nitrogens is 1. The van der Waals surface area contributed by atoms with Crippen molar-refractivity contribution in [2.24, 2.45) is 0 Å². The Morgan fingerprint density at radius 1 is 1.53 bits per heavy atom. The van der Waals surface area contributed by atoms with E-state index in [-0.39, 0.29) is 12.2 Å². The van der Waals surface area contributed by atoms with Gasteiger partial charge in [-0.2, -0.15) is 5.26 Å². The number of nitrogens with zero attached hydrogens (tertiary/aromatic N) is 1. The molecule has 0 aliphatic heterocycles. The van der Waals surface area contributed by atoms with Crippen molar-refractivity contribution in [2.45, 2.75) is 6.42 Å². The van der Waals surface area contributed by atoms with Crippen LogP contribution in [0.3, 0.4) is 0 Å². The van der Waals surface area contributed by atoms with Crippen molar-refractivity contribution >= 4 is 10.9 Å². The van der Waals surface area contributed by atoms with Crippen LogP contribution in [0.1, 0.15) is 5.56 Å². The molecule has 1 aromatic carbocycles. The Labute approximate surface area is 86.1 Å². The summed E-state index contributed by atoms with van der Waals surface area (Å²) in [6.45, 7) is 0. The molecule has 0 saturated carbocycles. The van der Waals surface area contributed by atoms with Gasteiger partial charge in [-0.15, -0.1) is 0 Å². The third kappa shape index (κ3) is 1.42. The Hall–Kier alpha value is -2.02. The maximum atomic E-state index is 13.8. The Bertz CT molecular complexity index is 539. The first-order valence-corrected chi connectivity index (χ1v) is 4.47. The van der Waals surface area contributed by atoms with E-state index < -0.39 is 5.82 Å². The van der Waals surface area contributed by atoms with Crippen LogP contribution in [0.25, 0.3) is 10.9 Å². The van der Waals surface area contributed by atoms with Gasteiger partial charge in [0.05, 0.1) is 19.6 Å². The summed E-state index contributed by atoms with van der Waals surface area (Å²) in [5, 5.41) is 9.04. The number of aromatic amines is 1. The van der Waals surface area contributed by atoms with E-state index in [9.17, 15) is 4.39 Å². The molecule has 0 bridgehead atoms. The Balaban J connectivity index is 2.71. The first-order valence-electron chi connectivity index (χ1n) is 4.47.